The van der Waals surface area contributed by atoms with Crippen molar-refractivity contribution in [1.29, 1.82) is 0 Å². The van der Waals surface area contributed by atoms with E-state index in [1.807, 2.05) is 13.8 Å². The second-order valence-corrected chi connectivity index (χ2v) is 6.15. The largest absolute Gasteiger partial charge is 0.482 e. The number of halogens is 3. The molecule has 1 aliphatic rings. The maximum atomic E-state index is 12.9. The molecule has 7 heteroatoms. The summed E-state index contributed by atoms with van der Waals surface area (Å²) in [5.41, 5.74) is 3.72. The van der Waals surface area contributed by atoms with E-state index in [2.05, 4.69) is 22.8 Å². The minimum absolute atomic E-state index is 0.395. The van der Waals surface area contributed by atoms with Crippen molar-refractivity contribution in [2.75, 3.05) is 31.1 Å². The van der Waals surface area contributed by atoms with E-state index in [4.69, 9.17) is 0 Å². The zero-order chi connectivity index (χ0) is 15.8. The maximum absolute atomic E-state index is 12.9. The first-order chi connectivity index (χ1) is 9.72. The second kappa shape index (κ2) is 6.12. The van der Waals surface area contributed by atoms with Crippen LogP contribution in [-0.2, 0) is 6.32 Å². The first-order valence-electron chi connectivity index (χ1n) is 7.20. The second-order valence-electron chi connectivity index (χ2n) is 5.70. The Bertz CT molecular complexity index is 540. The van der Waals surface area contributed by atoms with Crippen LogP contribution in [0.1, 0.15) is 22.3 Å². The van der Waals surface area contributed by atoms with Crippen molar-refractivity contribution < 1.29 is 12.9 Å². The molecule has 1 heterocycles. The zero-order valence-electron chi connectivity index (χ0n) is 12.6. The predicted octanol–water partition coefficient (Wildman–Crippen LogP) is 3.24. The van der Waals surface area contributed by atoms with Gasteiger partial charge in [-0.15, -0.1) is 12.6 Å². The molecule has 0 radical (unpaired) electrons. The van der Waals surface area contributed by atoms with E-state index in [0.717, 1.165) is 43.0 Å². The Labute approximate surface area is 129 Å². The monoisotopic (exact) mass is 317 g/mol. The molecule has 1 N–H and O–H groups in total. The van der Waals surface area contributed by atoms with Gasteiger partial charge in [-0.05, 0) is 37.5 Å². The lowest BCUT2D eigenvalue weighted by Crippen LogP contribution is -2.44. The van der Waals surface area contributed by atoms with Crippen LogP contribution < -0.4 is 10.2 Å². The van der Waals surface area contributed by atoms with Crippen LogP contribution in [-0.4, -0.2) is 33.2 Å². The summed E-state index contributed by atoms with van der Waals surface area (Å²) in [6.45, 7) is 3.98. The third kappa shape index (κ3) is 3.51. The molecule has 21 heavy (non-hydrogen) atoms. The van der Waals surface area contributed by atoms with Crippen LogP contribution >= 0.6 is 12.6 Å². The van der Waals surface area contributed by atoms with Crippen LogP contribution in [0.3, 0.4) is 0 Å². The lowest BCUT2D eigenvalue weighted by molar-refractivity contribution is 0.467. The minimum Gasteiger partial charge on any atom is -0.449 e. The molecule has 1 aliphatic heterocycles. The SMILES string of the molecule is Cc1c(S)c(C)c(N2CCNCC2)c(C)c1C[B-](F)(F)F. The van der Waals surface area contributed by atoms with Gasteiger partial charge in [-0.1, -0.05) is 11.9 Å². The van der Waals surface area contributed by atoms with E-state index in [1.165, 1.54) is 0 Å². The number of nitrogens with zero attached hydrogens (tertiary/aromatic N) is 1. The van der Waals surface area contributed by atoms with Crippen LogP contribution in [0.2, 0.25) is 0 Å². The zero-order valence-corrected chi connectivity index (χ0v) is 13.5. The Hall–Kier alpha value is -0.815. The van der Waals surface area contributed by atoms with Crippen LogP contribution in [0.4, 0.5) is 18.6 Å². The first kappa shape index (κ1) is 16.6. The molecule has 2 rings (SSSR count). The number of anilines is 1. The smallest absolute Gasteiger partial charge is 0.449 e. The number of hydrogen-bond acceptors (Lipinski definition) is 3. The van der Waals surface area contributed by atoms with Crippen LogP contribution in [0.5, 0.6) is 0 Å². The highest BCUT2D eigenvalue weighted by Crippen LogP contribution is 2.37. The molecule has 0 spiro atoms. The van der Waals surface area contributed by atoms with Crippen molar-refractivity contribution in [3.8, 4) is 0 Å². The number of rotatable bonds is 3. The Balaban J connectivity index is 2.54. The molecule has 118 valence electrons. The average Bonchev–Trinajstić information content (AvgIpc) is 2.42. The lowest BCUT2D eigenvalue weighted by atomic mass is 9.77. The van der Waals surface area contributed by atoms with E-state index < -0.39 is 13.3 Å². The molecule has 2 nitrogen and oxygen atoms in total. The Morgan fingerprint density at radius 3 is 2.14 bits per heavy atom. The lowest BCUT2D eigenvalue weighted by Gasteiger charge is -2.34. The fourth-order valence-corrected chi connectivity index (χ4v) is 3.38. The van der Waals surface area contributed by atoms with E-state index >= 15 is 0 Å². The number of nitrogens with one attached hydrogen (secondary N) is 1. The molecular weight excluding hydrogens is 296 g/mol. The molecule has 0 amide bonds. The summed E-state index contributed by atoms with van der Waals surface area (Å²) < 4.78 is 38.8. The van der Waals surface area contributed by atoms with E-state index in [-0.39, 0.29) is 0 Å². The van der Waals surface area contributed by atoms with Crippen molar-refractivity contribution >= 4 is 25.3 Å². The molecular formula is C14H21BF3N2S-. The van der Waals surface area contributed by atoms with E-state index in [9.17, 15) is 12.9 Å². The van der Waals surface area contributed by atoms with Crippen molar-refractivity contribution in [3.05, 3.63) is 22.3 Å². The van der Waals surface area contributed by atoms with Gasteiger partial charge in [-0.2, -0.15) is 0 Å². The van der Waals surface area contributed by atoms with Gasteiger partial charge in [0, 0.05) is 36.8 Å². The number of piperazine rings is 1. The van der Waals surface area contributed by atoms with Crippen LogP contribution in [0.15, 0.2) is 4.90 Å². The van der Waals surface area contributed by atoms with Gasteiger partial charge in [-0.25, -0.2) is 0 Å². The van der Waals surface area contributed by atoms with Crippen molar-refractivity contribution in [2.24, 2.45) is 0 Å². The summed E-state index contributed by atoms with van der Waals surface area (Å²) in [5.74, 6) is 0. The first-order valence-corrected chi connectivity index (χ1v) is 7.65. The standard InChI is InChI=1S/C14H21BF3N2S/c1-9-12(8-15(16,17)18)10(2)14(21)11(3)13(9)20-6-4-19-5-7-20/h19,21H,4-8H2,1-3H3/q-1. The fraction of sp³-hybridized carbons (Fsp3) is 0.571. The topological polar surface area (TPSA) is 15.3 Å². The van der Waals surface area contributed by atoms with Gasteiger partial charge >= 0.3 is 6.98 Å². The molecule has 0 bridgehead atoms. The third-order valence-corrected chi connectivity index (χ3v) is 4.87. The Morgan fingerprint density at radius 2 is 1.62 bits per heavy atom. The van der Waals surface area contributed by atoms with E-state index in [0.29, 0.717) is 16.0 Å². The van der Waals surface area contributed by atoms with Gasteiger partial charge in [0.25, 0.3) is 0 Å². The molecule has 0 unspecified atom stereocenters. The highest BCUT2D eigenvalue weighted by molar-refractivity contribution is 7.80. The van der Waals surface area contributed by atoms with Gasteiger partial charge in [-0.3, -0.25) is 0 Å². The third-order valence-electron chi connectivity index (χ3n) is 4.19. The quantitative estimate of drug-likeness (QED) is 0.657. The Morgan fingerprint density at radius 1 is 1.05 bits per heavy atom. The molecule has 0 aromatic heterocycles. The summed E-state index contributed by atoms with van der Waals surface area (Å²) in [6, 6.07) is 0. The molecule has 1 saturated heterocycles. The predicted molar refractivity (Wildman–Crippen MR) is 85.8 cm³/mol. The number of benzene rings is 1. The normalized spacial score (nSPS) is 16.4. The van der Waals surface area contributed by atoms with Crippen molar-refractivity contribution in [1.82, 2.24) is 5.32 Å². The summed E-state index contributed by atoms with van der Waals surface area (Å²) in [5, 5.41) is 3.26. The number of hydrogen-bond donors (Lipinski definition) is 2. The fourth-order valence-electron chi connectivity index (χ4n) is 3.14. The van der Waals surface area contributed by atoms with Crippen molar-refractivity contribution in [2.45, 2.75) is 32.0 Å². The van der Waals surface area contributed by atoms with E-state index in [1.54, 1.807) is 6.92 Å². The molecule has 0 aliphatic carbocycles. The van der Waals surface area contributed by atoms with Gasteiger partial charge in [0.2, 0.25) is 0 Å². The highest BCUT2D eigenvalue weighted by atomic mass is 32.1. The van der Waals surface area contributed by atoms with Gasteiger partial charge in [0.05, 0.1) is 0 Å². The van der Waals surface area contributed by atoms with Gasteiger partial charge < -0.3 is 23.2 Å². The highest BCUT2D eigenvalue weighted by Gasteiger charge is 2.28. The minimum atomic E-state index is -4.85. The van der Waals surface area contributed by atoms with Crippen LogP contribution in [0, 0.1) is 20.8 Å². The molecule has 0 saturated carbocycles. The van der Waals surface area contributed by atoms with Crippen molar-refractivity contribution in [3.63, 3.8) is 0 Å². The van der Waals surface area contributed by atoms with Crippen LogP contribution in [0.25, 0.3) is 0 Å². The summed E-state index contributed by atoms with van der Waals surface area (Å²) in [7, 11) is 0. The summed E-state index contributed by atoms with van der Waals surface area (Å²) in [4.78, 5) is 2.86. The molecule has 1 fully saturated rings. The number of thiol groups is 1. The Kier molecular flexibility index (Phi) is 4.83. The summed E-state index contributed by atoms with van der Waals surface area (Å²) in [6.07, 6.45) is -0.829. The molecule has 1 aromatic rings. The maximum Gasteiger partial charge on any atom is 0.482 e. The van der Waals surface area contributed by atoms with Gasteiger partial charge in [0.15, 0.2) is 0 Å². The summed E-state index contributed by atoms with van der Waals surface area (Å²) >= 11 is 4.46. The molecule has 0 atom stereocenters. The average molecular weight is 317 g/mol. The molecule has 1 aromatic carbocycles. The van der Waals surface area contributed by atoms with Gasteiger partial charge in [0.1, 0.15) is 0 Å².